The number of esters is 1. The van der Waals surface area contributed by atoms with Gasteiger partial charge in [0.1, 0.15) is 0 Å². The molecule has 2 amide bonds. The van der Waals surface area contributed by atoms with Crippen molar-refractivity contribution in [2.45, 2.75) is 13.5 Å². The summed E-state index contributed by atoms with van der Waals surface area (Å²) in [5.74, 6) is 0.0277. The molecule has 0 aliphatic rings. The van der Waals surface area contributed by atoms with Gasteiger partial charge < -0.3 is 20.2 Å². The van der Waals surface area contributed by atoms with Gasteiger partial charge in [0, 0.05) is 12.6 Å². The van der Waals surface area contributed by atoms with E-state index < -0.39 is 12.0 Å². The van der Waals surface area contributed by atoms with Crippen LogP contribution in [0.1, 0.15) is 22.1 Å². The molecule has 0 aliphatic heterocycles. The lowest BCUT2D eigenvalue weighted by Gasteiger charge is -2.05. The van der Waals surface area contributed by atoms with E-state index >= 15 is 0 Å². The number of aryl methyl sites for hydroxylation is 1. The summed E-state index contributed by atoms with van der Waals surface area (Å²) in [6.07, 6.45) is 0. The fraction of sp³-hybridized carbons (Fsp3) is 0.167. The standard InChI is InChI=1S/C12H12N4O4/c1-7-15-16-10(20-7)6-19-11(17)8-3-2-4-9(5-8)14-12(13)18/h2-5H,6H2,1H3,(H3,13,14,18). The summed E-state index contributed by atoms with van der Waals surface area (Å²) < 4.78 is 10.1. The number of nitrogens with two attached hydrogens (primary N) is 1. The number of primary amides is 1. The number of hydrogen-bond donors (Lipinski definition) is 2. The van der Waals surface area contributed by atoms with Crippen LogP contribution in [0.15, 0.2) is 28.7 Å². The fourth-order valence-corrected chi connectivity index (χ4v) is 1.47. The van der Waals surface area contributed by atoms with Crippen molar-refractivity contribution in [2.24, 2.45) is 5.73 Å². The average Bonchev–Trinajstić information content (AvgIpc) is 2.81. The predicted octanol–water partition coefficient (Wildman–Crippen LogP) is 1.23. The lowest BCUT2D eigenvalue weighted by molar-refractivity contribution is 0.0437. The van der Waals surface area contributed by atoms with Crippen molar-refractivity contribution < 1.29 is 18.7 Å². The normalized spacial score (nSPS) is 10.1. The lowest BCUT2D eigenvalue weighted by atomic mass is 10.2. The molecule has 2 aromatic rings. The number of benzene rings is 1. The van der Waals surface area contributed by atoms with E-state index in [1.165, 1.54) is 6.07 Å². The Morgan fingerprint density at radius 1 is 1.40 bits per heavy atom. The number of amides is 2. The van der Waals surface area contributed by atoms with Crippen molar-refractivity contribution in [1.29, 1.82) is 0 Å². The van der Waals surface area contributed by atoms with Crippen LogP contribution in [0, 0.1) is 6.92 Å². The second kappa shape index (κ2) is 5.83. The highest BCUT2D eigenvalue weighted by Gasteiger charge is 2.11. The average molecular weight is 276 g/mol. The minimum atomic E-state index is -0.711. The summed E-state index contributed by atoms with van der Waals surface area (Å²) in [5.41, 5.74) is 5.67. The van der Waals surface area contributed by atoms with Gasteiger partial charge in [-0.2, -0.15) is 0 Å². The van der Waals surface area contributed by atoms with Gasteiger partial charge in [-0.25, -0.2) is 9.59 Å². The van der Waals surface area contributed by atoms with E-state index in [-0.39, 0.29) is 18.1 Å². The topological polar surface area (TPSA) is 120 Å². The highest BCUT2D eigenvalue weighted by molar-refractivity contribution is 5.93. The van der Waals surface area contributed by atoms with Gasteiger partial charge >= 0.3 is 12.0 Å². The molecule has 20 heavy (non-hydrogen) atoms. The van der Waals surface area contributed by atoms with Crippen LogP contribution >= 0.6 is 0 Å². The van der Waals surface area contributed by atoms with Crippen molar-refractivity contribution in [3.8, 4) is 0 Å². The molecule has 0 saturated carbocycles. The molecule has 0 unspecified atom stereocenters. The SMILES string of the molecule is Cc1nnc(COC(=O)c2cccc(NC(N)=O)c2)o1. The van der Waals surface area contributed by atoms with Crippen molar-refractivity contribution >= 4 is 17.7 Å². The van der Waals surface area contributed by atoms with Crippen LogP contribution in [-0.2, 0) is 11.3 Å². The Balaban J connectivity index is 1.99. The third-order valence-corrected chi connectivity index (χ3v) is 2.26. The van der Waals surface area contributed by atoms with Gasteiger partial charge in [0.2, 0.25) is 5.89 Å². The fourth-order valence-electron chi connectivity index (χ4n) is 1.47. The van der Waals surface area contributed by atoms with Gasteiger partial charge in [-0.05, 0) is 18.2 Å². The number of nitrogens with one attached hydrogen (secondary N) is 1. The minimum absolute atomic E-state index is 0.118. The number of rotatable bonds is 4. The first-order valence-corrected chi connectivity index (χ1v) is 5.67. The number of nitrogens with zero attached hydrogens (tertiary/aromatic N) is 2. The number of carbonyl (C=O) groups excluding carboxylic acids is 2. The first-order chi connectivity index (χ1) is 9.54. The van der Waals surface area contributed by atoms with E-state index in [4.69, 9.17) is 14.9 Å². The smallest absolute Gasteiger partial charge is 0.338 e. The number of hydrogen-bond acceptors (Lipinski definition) is 6. The first kappa shape index (κ1) is 13.5. The molecule has 0 saturated heterocycles. The zero-order chi connectivity index (χ0) is 14.5. The summed E-state index contributed by atoms with van der Waals surface area (Å²) in [5, 5.41) is 9.68. The molecule has 8 heteroatoms. The molecule has 1 aromatic carbocycles. The number of ether oxygens (including phenoxy) is 1. The molecule has 0 atom stereocenters. The van der Waals surface area contributed by atoms with E-state index in [9.17, 15) is 9.59 Å². The Kier molecular flexibility index (Phi) is 3.94. The molecule has 0 fully saturated rings. The van der Waals surface area contributed by atoms with E-state index in [1.54, 1.807) is 25.1 Å². The Labute approximate surface area is 113 Å². The Morgan fingerprint density at radius 2 is 2.20 bits per heavy atom. The summed E-state index contributed by atoms with van der Waals surface area (Å²) in [6, 6.07) is 5.48. The zero-order valence-corrected chi connectivity index (χ0v) is 10.6. The minimum Gasteiger partial charge on any atom is -0.452 e. The van der Waals surface area contributed by atoms with Crippen molar-refractivity contribution in [3.05, 3.63) is 41.6 Å². The van der Waals surface area contributed by atoms with Gasteiger partial charge in [-0.3, -0.25) is 0 Å². The highest BCUT2D eigenvalue weighted by Crippen LogP contribution is 2.12. The molecule has 0 aliphatic carbocycles. The van der Waals surface area contributed by atoms with E-state index in [1.807, 2.05) is 0 Å². The molecule has 1 aromatic heterocycles. The first-order valence-electron chi connectivity index (χ1n) is 5.67. The highest BCUT2D eigenvalue weighted by atomic mass is 16.5. The maximum Gasteiger partial charge on any atom is 0.338 e. The van der Waals surface area contributed by atoms with Crippen LogP contribution in [-0.4, -0.2) is 22.2 Å². The molecule has 3 N–H and O–H groups in total. The molecule has 8 nitrogen and oxygen atoms in total. The van der Waals surface area contributed by atoms with E-state index in [2.05, 4.69) is 15.5 Å². The summed E-state index contributed by atoms with van der Waals surface area (Å²) in [4.78, 5) is 22.5. The van der Waals surface area contributed by atoms with E-state index in [0.29, 0.717) is 11.6 Å². The van der Waals surface area contributed by atoms with Crippen LogP contribution in [0.5, 0.6) is 0 Å². The van der Waals surface area contributed by atoms with Gasteiger partial charge in [0.05, 0.1) is 5.56 Å². The third kappa shape index (κ3) is 3.55. The van der Waals surface area contributed by atoms with Gasteiger partial charge in [-0.1, -0.05) is 6.07 Å². The zero-order valence-electron chi connectivity index (χ0n) is 10.6. The molecule has 2 rings (SSSR count). The van der Waals surface area contributed by atoms with Crippen LogP contribution in [0.25, 0.3) is 0 Å². The van der Waals surface area contributed by atoms with Gasteiger partial charge in [0.15, 0.2) is 6.61 Å². The van der Waals surface area contributed by atoms with Crippen LogP contribution in [0.3, 0.4) is 0 Å². The van der Waals surface area contributed by atoms with Crippen molar-refractivity contribution in [3.63, 3.8) is 0 Å². The largest absolute Gasteiger partial charge is 0.452 e. The van der Waals surface area contributed by atoms with Gasteiger partial charge in [-0.15, -0.1) is 10.2 Å². The Morgan fingerprint density at radius 3 is 2.85 bits per heavy atom. The Bertz CT molecular complexity index is 638. The molecule has 0 spiro atoms. The van der Waals surface area contributed by atoms with Gasteiger partial charge in [0.25, 0.3) is 5.89 Å². The predicted molar refractivity (Wildman–Crippen MR) is 67.8 cm³/mol. The lowest BCUT2D eigenvalue weighted by Crippen LogP contribution is -2.19. The van der Waals surface area contributed by atoms with E-state index in [0.717, 1.165) is 0 Å². The molecule has 0 radical (unpaired) electrons. The van der Waals surface area contributed by atoms with Crippen LogP contribution < -0.4 is 11.1 Å². The Hall–Kier alpha value is -2.90. The second-order valence-electron chi connectivity index (χ2n) is 3.86. The number of aromatic nitrogens is 2. The summed E-state index contributed by atoms with van der Waals surface area (Å²) in [6.45, 7) is 1.52. The maximum absolute atomic E-state index is 11.8. The summed E-state index contributed by atoms with van der Waals surface area (Å²) in [7, 11) is 0. The maximum atomic E-state index is 11.8. The van der Waals surface area contributed by atoms with Crippen molar-refractivity contribution in [2.75, 3.05) is 5.32 Å². The summed E-state index contributed by atoms with van der Waals surface area (Å²) >= 11 is 0. The molecule has 0 bridgehead atoms. The third-order valence-electron chi connectivity index (χ3n) is 2.26. The number of carbonyl (C=O) groups is 2. The van der Waals surface area contributed by atoms with Crippen LogP contribution in [0.4, 0.5) is 10.5 Å². The number of urea groups is 1. The van der Waals surface area contributed by atoms with Crippen molar-refractivity contribution in [1.82, 2.24) is 10.2 Å². The molecular formula is C12H12N4O4. The second-order valence-corrected chi connectivity index (χ2v) is 3.86. The molecule has 1 heterocycles. The number of anilines is 1. The molecular weight excluding hydrogens is 264 g/mol. The monoisotopic (exact) mass is 276 g/mol. The quantitative estimate of drug-likeness (QED) is 0.810. The van der Waals surface area contributed by atoms with Crippen LogP contribution in [0.2, 0.25) is 0 Å². The molecule has 104 valence electrons.